The molecule has 3 nitrogen and oxygen atoms in total. The molecule has 2 heterocycles. The molecule has 0 radical (unpaired) electrons. The lowest BCUT2D eigenvalue weighted by molar-refractivity contribution is 0.0790. The lowest BCUT2D eigenvalue weighted by Gasteiger charge is -2.16. The summed E-state index contributed by atoms with van der Waals surface area (Å²) in [6.45, 7) is 1.60. The minimum absolute atomic E-state index is 0.0669. The number of halogens is 1. The molecule has 0 saturated carbocycles. The van der Waals surface area contributed by atoms with Crippen molar-refractivity contribution >= 4 is 21.8 Å². The summed E-state index contributed by atoms with van der Waals surface area (Å²) in [6.07, 6.45) is 4.34. The average molecular weight is 331 g/mol. The Balaban J connectivity index is 1.73. The van der Waals surface area contributed by atoms with Crippen molar-refractivity contribution in [3.63, 3.8) is 0 Å². The van der Waals surface area contributed by atoms with Gasteiger partial charge in [-0.15, -0.1) is 0 Å². The van der Waals surface area contributed by atoms with E-state index >= 15 is 0 Å². The molecular formula is C16H15BrN2O. The summed E-state index contributed by atoms with van der Waals surface area (Å²) in [5.41, 5.74) is 1.96. The third kappa shape index (κ3) is 2.75. The van der Waals surface area contributed by atoms with Crippen LogP contribution in [0.25, 0.3) is 0 Å². The molecule has 1 aromatic heterocycles. The number of carbonyl (C=O) groups is 1. The van der Waals surface area contributed by atoms with Crippen LogP contribution in [0.1, 0.15) is 28.3 Å². The van der Waals surface area contributed by atoms with Gasteiger partial charge in [0.05, 0.1) is 5.56 Å². The second-order valence-corrected chi connectivity index (χ2v) is 5.95. The van der Waals surface area contributed by atoms with E-state index in [1.807, 2.05) is 17.0 Å². The summed E-state index contributed by atoms with van der Waals surface area (Å²) < 4.78 is 0.835. The molecule has 1 aliphatic heterocycles. The number of benzene rings is 1. The maximum Gasteiger partial charge on any atom is 0.255 e. The number of likely N-dealkylation sites (tertiary alicyclic amines) is 1. The van der Waals surface area contributed by atoms with Gasteiger partial charge >= 0.3 is 0 Å². The Bertz CT molecular complexity index is 615. The van der Waals surface area contributed by atoms with Crippen LogP contribution in [-0.4, -0.2) is 28.9 Å². The highest BCUT2D eigenvalue weighted by molar-refractivity contribution is 9.10. The van der Waals surface area contributed by atoms with Crippen molar-refractivity contribution in [2.75, 3.05) is 13.1 Å². The highest BCUT2D eigenvalue weighted by atomic mass is 79.9. The van der Waals surface area contributed by atoms with Gasteiger partial charge in [-0.3, -0.25) is 9.78 Å². The van der Waals surface area contributed by atoms with Gasteiger partial charge in [0.15, 0.2) is 0 Å². The molecule has 20 heavy (non-hydrogen) atoms. The Hall–Kier alpha value is -1.68. The van der Waals surface area contributed by atoms with Crippen LogP contribution < -0.4 is 0 Å². The highest BCUT2D eigenvalue weighted by Gasteiger charge is 2.27. The van der Waals surface area contributed by atoms with Crippen molar-refractivity contribution in [3.05, 3.63) is 64.4 Å². The Morgan fingerprint density at radius 3 is 2.80 bits per heavy atom. The quantitative estimate of drug-likeness (QED) is 0.844. The second-order valence-electron chi connectivity index (χ2n) is 5.04. The van der Waals surface area contributed by atoms with Gasteiger partial charge in [0.25, 0.3) is 5.91 Å². The molecule has 0 spiro atoms. The fourth-order valence-corrected chi connectivity index (χ4v) is 3.02. The summed E-state index contributed by atoms with van der Waals surface area (Å²) in [5, 5.41) is 0. The molecule has 1 aromatic carbocycles. The van der Waals surface area contributed by atoms with E-state index in [0.717, 1.165) is 24.0 Å². The monoisotopic (exact) mass is 330 g/mol. The van der Waals surface area contributed by atoms with Crippen molar-refractivity contribution in [1.29, 1.82) is 0 Å². The van der Waals surface area contributed by atoms with Crippen LogP contribution in [0.3, 0.4) is 0 Å². The third-order valence-electron chi connectivity index (χ3n) is 3.70. The predicted molar refractivity (Wildman–Crippen MR) is 81.6 cm³/mol. The first kappa shape index (κ1) is 13.3. The molecule has 1 saturated heterocycles. The lowest BCUT2D eigenvalue weighted by atomic mass is 9.99. The Morgan fingerprint density at radius 1 is 1.25 bits per heavy atom. The molecule has 0 aliphatic carbocycles. The molecule has 102 valence electrons. The minimum Gasteiger partial charge on any atom is -0.338 e. The van der Waals surface area contributed by atoms with E-state index < -0.39 is 0 Å². The third-order valence-corrected chi connectivity index (χ3v) is 4.13. The zero-order valence-corrected chi connectivity index (χ0v) is 12.6. The van der Waals surface area contributed by atoms with Crippen molar-refractivity contribution in [3.8, 4) is 0 Å². The van der Waals surface area contributed by atoms with Crippen molar-refractivity contribution < 1.29 is 4.79 Å². The summed E-state index contributed by atoms with van der Waals surface area (Å²) in [5.74, 6) is 0.512. The van der Waals surface area contributed by atoms with E-state index in [-0.39, 0.29) is 5.91 Å². The van der Waals surface area contributed by atoms with Crippen LogP contribution >= 0.6 is 15.9 Å². The molecule has 1 fully saturated rings. The fourth-order valence-electron chi connectivity index (χ4n) is 2.65. The van der Waals surface area contributed by atoms with Gasteiger partial charge in [-0.2, -0.15) is 0 Å². The number of hydrogen-bond donors (Lipinski definition) is 0. The van der Waals surface area contributed by atoms with Crippen LogP contribution in [0.4, 0.5) is 0 Å². The molecule has 1 atom stereocenters. The van der Waals surface area contributed by atoms with Gasteiger partial charge in [-0.05, 0) is 34.0 Å². The SMILES string of the molecule is O=C(c1cncc(Br)c1)N1CCC(c2ccccc2)C1. The molecule has 0 bridgehead atoms. The summed E-state index contributed by atoms with van der Waals surface area (Å²) in [4.78, 5) is 18.4. The lowest BCUT2D eigenvalue weighted by Crippen LogP contribution is -2.28. The number of carbonyl (C=O) groups excluding carboxylic acids is 1. The highest BCUT2D eigenvalue weighted by Crippen LogP contribution is 2.28. The van der Waals surface area contributed by atoms with Gasteiger partial charge in [-0.1, -0.05) is 30.3 Å². The number of pyridine rings is 1. The van der Waals surface area contributed by atoms with Crippen LogP contribution in [0.2, 0.25) is 0 Å². The van der Waals surface area contributed by atoms with E-state index in [4.69, 9.17) is 0 Å². The van der Waals surface area contributed by atoms with Crippen LogP contribution in [0.15, 0.2) is 53.3 Å². The molecule has 4 heteroatoms. The van der Waals surface area contributed by atoms with E-state index in [1.54, 1.807) is 12.4 Å². The van der Waals surface area contributed by atoms with Crippen molar-refractivity contribution in [1.82, 2.24) is 9.88 Å². The first-order valence-electron chi connectivity index (χ1n) is 6.69. The standard InChI is InChI=1S/C16H15BrN2O/c17-15-8-14(9-18-10-15)16(20)19-7-6-13(11-19)12-4-2-1-3-5-12/h1-5,8-10,13H,6-7,11H2. The molecular weight excluding hydrogens is 316 g/mol. The minimum atomic E-state index is 0.0669. The maximum absolute atomic E-state index is 12.4. The number of hydrogen-bond acceptors (Lipinski definition) is 2. The first-order valence-corrected chi connectivity index (χ1v) is 7.48. The summed E-state index contributed by atoms with van der Waals surface area (Å²) in [7, 11) is 0. The Morgan fingerprint density at radius 2 is 2.05 bits per heavy atom. The zero-order chi connectivity index (χ0) is 13.9. The number of aromatic nitrogens is 1. The largest absolute Gasteiger partial charge is 0.338 e. The number of amides is 1. The summed E-state index contributed by atoms with van der Waals surface area (Å²) >= 11 is 3.35. The van der Waals surface area contributed by atoms with Crippen LogP contribution in [0, 0.1) is 0 Å². The maximum atomic E-state index is 12.4. The van der Waals surface area contributed by atoms with E-state index in [2.05, 4.69) is 45.2 Å². The van der Waals surface area contributed by atoms with E-state index in [9.17, 15) is 4.79 Å². The van der Waals surface area contributed by atoms with Gasteiger partial charge in [0.1, 0.15) is 0 Å². The molecule has 2 aromatic rings. The van der Waals surface area contributed by atoms with Crippen LogP contribution in [-0.2, 0) is 0 Å². The zero-order valence-electron chi connectivity index (χ0n) is 11.0. The predicted octanol–water partition coefficient (Wildman–Crippen LogP) is 3.47. The van der Waals surface area contributed by atoms with Gasteiger partial charge in [-0.25, -0.2) is 0 Å². The number of nitrogens with zero attached hydrogens (tertiary/aromatic N) is 2. The molecule has 3 rings (SSSR count). The van der Waals surface area contributed by atoms with Crippen molar-refractivity contribution in [2.24, 2.45) is 0 Å². The normalized spacial score (nSPS) is 18.2. The molecule has 0 N–H and O–H groups in total. The Labute approximate surface area is 126 Å². The van der Waals surface area contributed by atoms with Crippen molar-refractivity contribution in [2.45, 2.75) is 12.3 Å². The molecule has 1 unspecified atom stereocenters. The van der Waals surface area contributed by atoms with E-state index in [0.29, 0.717) is 11.5 Å². The summed E-state index contributed by atoms with van der Waals surface area (Å²) in [6, 6.07) is 12.2. The van der Waals surface area contributed by atoms with Crippen LogP contribution in [0.5, 0.6) is 0 Å². The molecule has 1 aliphatic rings. The van der Waals surface area contributed by atoms with E-state index in [1.165, 1.54) is 5.56 Å². The van der Waals surface area contributed by atoms with Gasteiger partial charge in [0.2, 0.25) is 0 Å². The first-order chi connectivity index (χ1) is 9.74. The molecule has 1 amide bonds. The average Bonchev–Trinajstić information content (AvgIpc) is 2.97. The topological polar surface area (TPSA) is 33.2 Å². The fraction of sp³-hybridized carbons (Fsp3) is 0.250. The number of rotatable bonds is 2. The smallest absolute Gasteiger partial charge is 0.255 e. The van der Waals surface area contributed by atoms with Gasteiger partial charge in [0, 0.05) is 35.9 Å². The second kappa shape index (κ2) is 5.75. The van der Waals surface area contributed by atoms with Gasteiger partial charge < -0.3 is 4.90 Å². The Kier molecular flexibility index (Phi) is 3.83.